The first-order valence-corrected chi connectivity index (χ1v) is 15.4. The molecule has 224 valence electrons. The van der Waals surface area contributed by atoms with E-state index in [2.05, 4.69) is 48.5 Å². The van der Waals surface area contributed by atoms with Gasteiger partial charge in [0.15, 0.2) is 0 Å². The van der Waals surface area contributed by atoms with Crippen molar-refractivity contribution in [3.63, 3.8) is 0 Å². The Kier molecular flexibility index (Phi) is 7.87. The maximum Gasteiger partial charge on any atom is 0.306 e. The molecule has 45 heavy (non-hydrogen) atoms. The van der Waals surface area contributed by atoms with Crippen LogP contribution >= 0.6 is 0 Å². The Morgan fingerprint density at radius 2 is 1.07 bits per heavy atom. The average Bonchev–Trinajstić information content (AvgIpc) is 3.10. The molecule has 6 heteroatoms. The SMILES string of the molecule is O=C(O)C1CCC(c2ccc(OCc3ccc4ccccc4n3)cc2)(c2ccc(OCc3ccc4ccccc4n3)cc2)CC1. The predicted octanol–water partition coefficient (Wildman–Crippen LogP) is 8.50. The average molecular weight is 595 g/mol. The zero-order chi connectivity index (χ0) is 30.6. The first kappa shape index (κ1) is 28.5. The first-order chi connectivity index (χ1) is 22.1. The molecule has 1 aliphatic carbocycles. The van der Waals surface area contributed by atoms with Gasteiger partial charge >= 0.3 is 5.97 Å². The van der Waals surface area contributed by atoms with Crippen molar-refractivity contribution in [2.45, 2.75) is 44.3 Å². The molecule has 0 saturated heterocycles. The van der Waals surface area contributed by atoms with Crippen LogP contribution in [0.5, 0.6) is 11.5 Å². The second-order valence-electron chi connectivity index (χ2n) is 11.8. The van der Waals surface area contributed by atoms with Gasteiger partial charge in [0.05, 0.1) is 28.3 Å². The van der Waals surface area contributed by atoms with Crippen molar-refractivity contribution < 1.29 is 19.4 Å². The summed E-state index contributed by atoms with van der Waals surface area (Å²) in [5, 5.41) is 11.9. The van der Waals surface area contributed by atoms with E-state index in [1.165, 1.54) is 0 Å². The second-order valence-corrected chi connectivity index (χ2v) is 11.8. The third-order valence-corrected chi connectivity index (χ3v) is 9.09. The number of carboxylic acid groups (broad SMARTS) is 1. The molecule has 1 aliphatic rings. The van der Waals surface area contributed by atoms with Crippen molar-refractivity contribution in [1.29, 1.82) is 0 Å². The van der Waals surface area contributed by atoms with Crippen LogP contribution in [0.15, 0.2) is 121 Å². The lowest BCUT2D eigenvalue weighted by molar-refractivity contribution is -0.143. The van der Waals surface area contributed by atoms with Gasteiger partial charge in [-0.25, -0.2) is 9.97 Å². The molecule has 2 aromatic heterocycles. The number of ether oxygens (including phenoxy) is 2. The van der Waals surface area contributed by atoms with Gasteiger partial charge in [0.1, 0.15) is 24.7 Å². The molecule has 0 spiro atoms. The zero-order valence-electron chi connectivity index (χ0n) is 24.9. The Morgan fingerprint density at radius 3 is 1.51 bits per heavy atom. The monoisotopic (exact) mass is 594 g/mol. The van der Waals surface area contributed by atoms with E-state index in [0.29, 0.717) is 26.1 Å². The van der Waals surface area contributed by atoms with Gasteiger partial charge in [0.2, 0.25) is 0 Å². The zero-order valence-corrected chi connectivity index (χ0v) is 24.9. The minimum Gasteiger partial charge on any atom is -0.487 e. The number of rotatable bonds is 9. The summed E-state index contributed by atoms with van der Waals surface area (Å²) >= 11 is 0. The normalized spacial score (nSPS) is 14.8. The molecule has 1 saturated carbocycles. The number of nitrogens with zero attached hydrogens (tertiary/aromatic N) is 2. The van der Waals surface area contributed by atoms with Crippen molar-refractivity contribution in [1.82, 2.24) is 9.97 Å². The highest BCUT2D eigenvalue weighted by molar-refractivity contribution is 5.79. The molecule has 0 aliphatic heterocycles. The van der Waals surface area contributed by atoms with Crippen LogP contribution in [-0.4, -0.2) is 21.0 Å². The number of aliphatic carboxylic acids is 1. The first-order valence-electron chi connectivity index (χ1n) is 15.4. The molecule has 1 N–H and O–H groups in total. The summed E-state index contributed by atoms with van der Waals surface area (Å²) < 4.78 is 12.2. The number of hydrogen-bond acceptors (Lipinski definition) is 5. The van der Waals surface area contributed by atoms with E-state index in [4.69, 9.17) is 19.4 Å². The van der Waals surface area contributed by atoms with E-state index >= 15 is 0 Å². The Morgan fingerprint density at radius 1 is 0.622 bits per heavy atom. The highest BCUT2D eigenvalue weighted by atomic mass is 16.5. The van der Waals surface area contributed by atoms with Gasteiger partial charge in [-0.3, -0.25) is 4.79 Å². The van der Waals surface area contributed by atoms with Crippen molar-refractivity contribution in [2.24, 2.45) is 5.92 Å². The smallest absolute Gasteiger partial charge is 0.306 e. The Bertz CT molecular complexity index is 1820. The molecular formula is C39H34N2O4. The van der Waals surface area contributed by atoms with E-state index in [1.807, 2.05) is 72.8 Å². The predicted molar refractivity (Wildman–Crippen MR) is 175 cm³/mol. The molecule has 2 heterocycles. The summed E-state index contributed by atoms with van der Waals surface area (Å²) in [5.41, 5.74) is 5.69. The fraction of sp³-hybridized carbons (Fsp3) is 0.205. The van der Waals surface area contributed by atoms with Gasteiger partial charge < -0.3 is 14.6 Å². The molecule has 4 aromatic carbocycles. The van der Waals surface area contributed by atoms with Crippen LogP contribution in [0.4, 0.5) is 0 Å². The van der Waals surface area contributed by atoms with Gasteiger partial charge in [-0.15, -0.1) is 0 Å². The van der Waals surface area contributed by atoms with Gasteiger partial charge in [0.25, 0.3) is 0 Å². The summed E-state index contributed by atoms with van der Waals surface area (Å²) in [6.07, 6.45) is 2.78. The standard InChI is InChI=1S/C39H34N2O4/c42-38(43)29-21-23-39(24-22-29,30-11-17-34(18-12-30)44-25-32-15-9-27-5-1-3-7-36(27)40-32)31-13-19-35(20-14-31)45-26-33-16-10-28-6-2-4-8-37(28)41-33/h1-20,29H,21-26H2,(H,42,43). The number of para-hydroxylation sites is 2. The summed E-state index contributed by atoms with van der Waals surface area (Å²) in [7, 11) is 0. The van der Waals surface area contributed by atoms with Crippen LogP contribution in [0.25, 0.3) is 21.8 Å². The minimum atomic E-state index is -0.708. The minimum absolute atomic E-state index is 0.289. The van der Waals surface area contributed by atoms with Crippen molar-refractivity contribution >= 4 is 27.8 Å². The van der Waals surface area contributed by atoms with Crippen LogP contribution in [0.2, 0.25) is 0 Å². The molecule has 7 rings (SSSR count). The highest BCUT2D eigenvalue weighted by Gasteiger charge is 2.40. The summed E-state index contributed by atoms with van der Waals surface area (Å²) in [4.78, 5) is 21.2. The largest absolute Gasteiger partial charge is 0.487 e. The number of carboxylic acids is 1. The second kappa shape index (κ2) is 12.4. The van der Waals surface area contributed by atoms with Crippen LogP contribution in [0.1, 0.15) is 48.2 Å². The Labute approximate surface area is 262 Å². The van der Waals surface area contributed by atoms with E-state index in [-0.39, 0.29) is 11.3 Å². The number of aromatic nitrogens is 2. The highest BCUT2D eigenvalue weighted by Crippen LogP contribution is 2.47. The summed E-state index contributed by atoms with van der Waals surface area (Å²) in [6, 6.07) is 40.8. The lowest BCUT2D eigenvalue weighted by atomic mass is 9.63. The third-order valence-electron chi connectivity index (χ3n) is 9.09. The lowest BCUT2D eigenvalue weighted by Crippen LogP contribution is -2.35. The molecule has 0 unspecified atom stereocenters. The number of pyridine rings is 2. The fourth-order valence-electron chi connectivity index (χ4n) is 6.53. The quantitative estimate of drug-likeness (QED) is 0.181. The molecule has 0 atom stereocenters. The van der Waals surface area contributed by atoms with E-state index in [1.54, 1.807) is 0 Å². The molecule has 1 fully saturated rings. The summed E-state index contributed by atoms with van der Waals surface area (Å²) in [6.45, 7) is 0.762. The number of hydrogen-bond donors (Lipinski definition) is 1. The van der Waals surface area contributed by atoms with E-state index < -0.39 is 5.97 Å². The Hall–Kier alpha value is -5.23. The van der Waals surface area contributed by atoms with E-state index in [9.17, 15) is 9.90 Å². The summed E-state index contributed by atoms with van der Waals surface area (Å²) in [5.74, 6) is 0.524. The van der Waals surface area contributed by atoms with Crippen molar-refractivity contribution in [3.05, 3.63) is 144 Å². The molecule has 0 bridgehead atoms. The van der Waals surface area contributed by atoms with Gasteiger partial charge in [-0.2, -0.15) is 0 Å². The van der Waals surface area contributed by atoms with Crippen LogP contribution in [0.3, 0.4) is 0 Å². The Balaban J connectivity index is 1.07. The maximum absolute atomic E-state index is 11.8. The number of fused-ring (bicyclic) bond motifs is 2. The number of benzene rings is 4. The van der Waals surface area contributed by atoms with Gasteiger partial charge in [0, 0.05) is 16.2 Å². The lowest BCUT2D eigenvalue weighted by Gasteiger charge is -2.40. The molecule has 6 aromatic rings. The van der Waals surface area contributed by atoms with Crippen LogP contribution < -0.4 is 9.47 Å². The van der Waals surface area contributed by atoms with E-state index in [0.717, 1.165) is 68.7 Å². The van der Waals surface area contributed by atoms with Crippen molar-refractivity contribution in [3.8, 4) is 11.5 Å². The van der Waals surface area contributed by atoms with Crippen molar-refractivity contribution in [2.75, 3.05) is 0 Å². The maximum atomic E-state index is 11.8. The molecule has 6 nitrogen and oxygen atoms in total. The van der Waals surface area contributed by atoms with Crippen LogP contribution in [0, 0.1) is 5.92 Å². The molecular weight excluding hydrogens is 560 g/mol. The molecule has 0 radical (unpaired) electrons. The molecule has 0 amide bonds. The van der Waals surface area contributed by atoms with Gasteiger partial charge in [-0.1, -0.05) is 72.8 Å². The number of carbonyl (C=O) groups is 1. The fourth-order valence-corrected chi connectivity index (χ4v) is 6.53. The van der Waals surface area contributed by atoms with Crippen LogP contribution in [-0.2, 0) is 23.4 Å². The third kappa shape index (κ3) is 6.09. The van der Waals surface area contributed by atoms with Gasteiger partial charge in [-0.05, 0) is 85.3 Å². The topological polar surface area (TPSA) is 81.5 Å².